The van der Waals surface area contributed by atoms with Crippen LogP contribution in [0.25, 0.3) is 0 Å². The maximum atomic E-state index is 12.2. The molecule has 0 saturated heterocycles. The topological polar surface area (TPSA) is 72.6 Å². The molecule has 0 aliphatic rings. The lowest BCUT2D eigenvalue weighted by molar-refractivity contribution is 0.214. The number of rotatable bonds is 7. The number of sulfonamides is 1. The van der Waals surface area contributed by atoms with E-state index in [-0.39, 0.29) is 18.4 Å². The average molecular weight is 286 g/mol. The van der Waals surface area contributed by atoms with Gasteiger partial charge in [-0.2, -0.15) is 4.31 Å². The van der Waals surface area contributed by atoms with Crippen molar-refractivity contribution in [1.29, 1.82) is 0 Å². The number of hydrogen-bond acceptors (Lipinski definition) is 4. The van der Waals surface area contributed by atoms with E-state index in [1.54, 1.807) is 12.1 Å². The summed E-state index contributed by atoms with van der Waals surface area (Å²) in [6.45, 7) is 4.24. The lowest BCUT2D eigenvalue weighted by atomic mass is 10.2. The number of ether oxygens (including phenoxy) is 1. The summed E-state index contributed by atoms with van der Waals surface area (Å²) in [6.07, 6.45) is 0. The molecule has 0 unspecified atom stereocenters. The van der Waals surface area contributed by atoms with E-state index in [1.807, 2.05) is 26.0 Å². The standard InChI is InChI=1S/C13H22N2O3S/c1-11(2)15(19(16,17)8-7-18-3)10-12-5-4-6-13(14)9-12/h4-6,9,11H,7-8,10,14H2,1-3H3. The SMILES string of the molecule is COCCS(=O)(=O)N(Cc1cccc(N)c1)C(C)C. The van der Waals surface area contributed by atoms with Gasteiger partial charge in [0, 0.05) is 25.4 Å². The molecule has 5 nitrogen and oxygen atoms in total. The third-order valence-corrected chi connectivity index (χ3v) is 4.72. The fraction of sp³-hybridized carbons (Fsp3) is 0.538. The summed E-state index contributed by atoms with van der Waals surface area (Å²) in [5.74, 6) is -0.00992. The van der Waals surface area contributed by atoms with Gasteiger partial charge >= 0.3 is 0 Å². The monoisotopic (exact) mass is 286 g/mol. The first-order valence-corrected chi connectivity index (χ1v) is 7.80. The number of anilines is 1. The summed E-state index contributed by atoms with van der Waals surface area (Å²) >= 11 is 0. The van der Waals surface area contributed by atoms with Gasteiger partial charge in [0.05, 0.1) is 12.4 Å². The van der Waals surface area contributed by atoms with Crippen molar-refractivity contribution in [1.82, 2.24) is 4.31 Å². The van der Waals surface area contributed by atoms with Crippen LogP contribution in [0.1, 0.15) is 19.4 Å². The largest absolute Gasteiger partial charge is 0.399 e. The molecule has 0 heterocycles. The summed E-state index contributed by atoms with van der Waals surface area (Å²) in [5.41, 5.74) is 7.23. The predicted octanol–water partition coefficient (Wildman–Crippen LogP) is 1.46. The van der Waals surface area contributed by atoms with Crippen molar-refractivity contribution < 1.29 is 13.2 Å². The molecule has 0 atom stereocenters. The Hall–Kier alpha value is -1.11. The van der Waals surface area contributed by atoms with Gasteiger partial charge in [0.15, 0.2) is 0 Å². The maximum Gasteiger partial charge on any atom is 0.216 e. The van der Waals surface area contributed by atoms with E-state index in [2.05, 4.69) is 0 Å². The molecule has 0 aliphatic heterocycles. The molecule has 0 saturated carbocycles. The Morgan fingerprint density at radius 1 is 1.37 bits per heavy atom. The van der Waals surface area contributed by atoms with Gasteiger partial charge in [-0.05, 0) is 31.5 Å². The van der Waals surface area contributed by atoms with E-state index in [0.717, 1.165) is 5.56 Å². The zero-order valence-corrected chi connectivity index (χ0v) is 12.5. The zero-order chi connectivity index (χ0) is 14.5. The molecule has 19 heavy (non-hydrogen) atoms. The molecule has 0 aliphatic carbocycles. The van der Waals surface area contributed by atoms with Gasteiger partial charge in [-0.1, -0.05) is 12.1 Å². The molecule has 108 valence electrons. The van der Waals surface area contributed by atoms with Gasteiger partial charge in [0.2, 0.25) is 10.0 Å². The van der Waals surface area contributed by atoms with Crippen LogP contribution in [0.2, 0.25) is 0 Å². The third kappa shape index (κ3) is 4.81. The van der Waals surface area contributed by atoms with Crippen molar-refractivity contribution in [3.8, 4) is 0 Å². The number of nitrogen functional groups attached to an aromatic ring is 1. The van der Waals surface area contributed by atoms with Crippen LogP contribution in [-0.2, 0) is 21.3 Å². The van der Waals surface area contributed by atoms with Crippen molar-refractivity contribution >= 4 is 15.7 Å². The molecule has 1 aromatic rings. The van der Waals surface area contributed by atoms with Crippen molar-refractivity contribution in [3.63, 3.8) is 0 Å². The second-order valence-electron chi connectivity index (χ2n) is 4.69. The highest BCUT2D eigenvalue weighted by molar-refractivity contribution is 7.89. The Morgan fingerprint density at radius 3 is 2.58 bits per heavy atom. The molecule has 0 aromatic heterocycles. The highest BCUT2D eigenvalue weighted by Gasteiger charge is 2.24. The number of methoxy groups -OCH3 is 1. The molecule has 1 rings (SSSR count). The molecular weight excluding hydrogens is 264 g/mol. The minimum absolute atomic E-state index is 0.00992. The first kappa shape index (κ1) is 15.9. The number of nitrogens with zero attached hydrogens (tertiary/aromatic N) is 1. The summed E-state index contributed by atoms with van der Waals surface area (Å²) in [4.78, 5) is 0. The summed E-state index contributed by atoms with van der Waals surface area (Å²) < 4.78 is 30.8. The molecular formula is C13H22N2O3S. The van der Waals surface area contributed by atoms with Gasteiger partial charge in [0.1, 0.15) is 0 Å². The van der Waals surface area contributed by atoms with Crippen LogP contribution in [-0.4, -0.2) is 38.2 Å². The van der Waals surface area contributed by atoms with Gasteiger partial charge in [0.25, 0.3) is 0 Å². The molecule has 0 fully saturated rings. The van der Waals surface area contributed by atoms with E-state index >= 15 is 0 Å². The molecule has 0 spiro atoms. The van der Waals surface area contributed by atoms with Crippen molar-refractivity contribution in [2.75, 3.05) is 25.2 Å². The van der Waals surface area contributed by atoms with E-state index in [0.29, 0.717) is 12.2 Å². The van der Waals surface area contributed by atoms with Gasteiger partial charge in [-0.3, -0.25) is 0 Å². The number of benzene rings is 1. The molecule has 2 N–H and O–H groups in total. The Bertz CT molecular complexity index is 500. The minimum atomic E-state index is -3.33. The van der Waals surface area contributed by atoms with Gasteiger partial charge in [-0.15, -0.1) is 0 Å². The second-order valence-corrected chi connectivity index (χ2v) is 6.73. The lowest BCUT2D eigenvalue weighted by Gasteiger charge is -2.26. The highest BCUT2D eigenvalue weighted by atomic mass is 32.2. The normalized spacial score (nSPS) is 12.3. The lowest BCUT2D eigenvalue weighted by Crippen LogP contribution is -2.38. The fourth-order valence-electron chi connectivity index (χ4n) is 1.78. The van der Waals surface area contributed by atoms with Gasteiger partial charge in [-0.25, -0.2) is 8.42 Å². The van der Waals surface area contributed by atoms with E-state index in [1.165, 1.54) is 11.4 Å². The molecule has 0 bridgehead atoms. The Kier molecular flexibility index (Phi) is 5.78. The molecule has 0 radical (unpaired) electrons. The smallest absolute Gasteiger partial charge is 0.216 e. The van der Waals surface area contributed by atoms with Crippen molar-refractivity contribution in [2.45, 2.75) is 26.4 Å². The number of nitrogens with two attached hydrogens (primary N) is 1. The predicted molar refractivity (Wildman–Crippen MR) is 77.2 cm³/mol. The zero-order valence-electron chi connectivity index (χ0n) is 11.7. The second kappa shape index (κ2) is 6.88. The quantitative estimate of drug-likeness (QED) is 0.770. The molecule has 6 heteroatoms. The van der Waals surface area contributed by atoms with Crippen LogP contribution in [0.3, 0.4) is 0 Å². The van der Waals surface area contributed by atoms with Crippen LogP contribution in [0.15, 0.2) is 24.3 Å². The van der Waals surface area contributed by atoms with E-state index in [4.69, 9.17) is 10.5 Å². The van der Waals surface area contributed by atoms with Gasteiger partial charge < -0.3 is 10.5 Å². The molecule has 1 aromatic carbocycles. The first-order chi connectivity index (χ1) is 8.86. The highest BCUT2D eigenvalue weighted by Crippen LogP contribution is 2.15. The summed E-state index contributed by atoms with van der Waals surface area (Å²) in [5, 5.41) is 0. The van der Waals surface area contributed by atoms with Crippen molar-refractivity contribution in [2.24, 2.45) is 0 Å². The Morgan fingerprint density at radius 2 is 2.05 bits per heavy atom. The fourth-order valence-corrected chi connectivity index (χ4v) is 3.38. The van der Waals surface area contributed by atoms with Crippen LogP contribution >= 0.6 is 0 Å². The average Bonchev–Trinajstić information content (AvgIpc) is 2.33. The third-order valence-electron chi connectivity index (χ3n) is 2.77. The Labute approximate surface area is 115 Å². The van der Waals surface area contributed by atoms with Crippen LogP contribution in [0, 0.1) is 0 Å². The van der Waals surface area contributed by atoms with Crippen LogP contribution < -0.4 is 5.73 Å². The summed E-state index contributed by atoms with van der Waals surface area (Å²) in [7, 11) is -1.83. The van der Waals surface area contributed by atoms with Crippen LogP contribution in [0.4, 0.5) is 5.69 Å². The van der Waals surface area contributed by atoms with E-state index in [9.17, 15) is 8.42 Å². The molecule has 0 amide bonds. The van der Waals surface area contributed by atoms with Crippen LogP contribution in [0.5, 0.6) is 0 Å². The maximum absolute atomic E-state index is 12.2. The minimum Gasteiger partial charge on any atom is -0.399 e. The first-order valence-electron chi connectivity index (χ1n) is 6.19. The van der Waals surface area contributed by atoms with Crippen molar-refractivity contribution in [3.05, 3.63) is 29.8 Å². The summed E-state index contributed by atoms with van der Waals surface area (Å²) in [6, 6.07) is 7.16. The Balaban J connectivity index is 2.90. The van der Waals surface area contributed by atoms with E-state index < -0.39 is 10.0 Å². The number of hydrogen-bond donors (Lipinski definition) is 1.